The summed E-state index contributed by atoms with van der Waals surface area (Å²) in [6.07, 6.45) is 14.3. The molecule has 98 valence electrons. The summed E-state index contributed by atoms with van der Waals surface area (Å²) in [7, 11) is 0. The van der Waals surface area contributed by atoms with E-state index in [0.29, 0.717) is 11.8 Å². The molecule has 0 heterocycles. The number of hydrogen-bond acceptors (Lipinski definition) is 3. The molecule has 3 heteroatoms. The van der Waals surface area contributed by atoms with Crippen molar-refractivity contribution in [2.24, 2.45) is 22.7 Å². The van der Waals surface area contributed by atoms with Crippen molar-refractivity contribution in [2.75, 3.05) is 6.54 Å². The number of rotatable bonds is 9. The van der Waals surface area contributed by atoms with Crippen LogP contribution in [-0.2, 0) is 0 Å². The van der Waals surface area contributed by atoms with Crippen LogP contribution >= 0.6 is 0 Å². The van der Waals surface area contributed by atoms with Gasteiger partial charge in [0.15, 0.2) is 0 Å². The van der Waals surface area contributed by atoms with E-state index in [0.717, 1.165) is 32.2 Å². The molecule has 0 aliphatic rings. The molecular weight excluding hydrogens is 212 g/mol. The van der Waals surface area contributed by atoms with Crippen molar-refractivity contribution in [2.45, 2.75) is 39.5 Å². The molecule has 1 atom stereocenters. The zero-order valence-electron chi connectivity index (χ0n) is 11.0. The van der Waals surface area contributed by atoms with Gasteiger partial charge >= 0.3 is 0 Å². The summed E-state index contributed by atoms with van der Waals surface area (Å²) >= 11 is 0. The fourth-order valence-corrected chi connectivity index (χ4v) is 1.49. The van der Waals surface area contributed by atoms with Crippen molar-refractivity contribution < 1.29 is 5.21 Å². The summed E-state index contributed by atoms with van der Waals surface area (Å²) in [6.45, 7) is 4.99. The first-order chi connectivity index (χ1) is 8.22. The van der Waals surface area contributed by atoms with Crippen LogP contribution in [0.15, 0.2) is 29.5 Å². The maximum Gasteiger partial charge on any atom is 0.0472 e. The van der Waals surface area contributed by atoms with Gasteiger partial charge in [-0.25, -0.2) is 0 Å². The standard InChI is InChI=1S/C14H26N2O/c1-13(2)14(12-16-17)10-8-6-4-3-5-7-9-11-15/h5-8,12-14,17H,3-4,9-11,15H2,1-2H3/b7-5+,8-6+,16-12+. The Kier molecular flexibility index (Phi) is 10.7. The minimum Gasteiger partial charge on any atom is -0.411 e. The van der Waals surface area contributed by atoms with Crippen molar-refractivity contribution >= 4 is 6.21 Å². The maximum absolute atomic E-state index is 8.53. The van der Waals surface area contributed by atoms with Crippen molar-refractivity contribution in [3.05, 3.63) is 24.3 Å². The maximum atomic E-state index is 8.53. The molecule has 0 aromatic heterocycles. The van der Waals surface area contributed by atoms with E-state index in [1.54, 1.807) is 6.21 Å². The lowest BCUT2D eigenvalue weighted by atomic mass is 9.93. The van der Waals surface area contributed by atoms with Crippen LogP contribution in [0.25, 0.3) is 0 Å². The summed E-state index contributed by atoms with van der Waals surface area (Å²) in [5.41, 5.74) is 5.38. The molecule has 3 N–H and O–H groups in total. The Morgan fingerprint density at radius 2 is 1.65 bits per heavy atom. The molecule has 0 radical (unpaired) electrons. The van der Waals surface area contributed by atoms with Gasteiger partial charge < -0.3 is 10.9 Å². The van der Waals surface area contributed by atoms with E-state index in [4.69, 9.17) is 10.9 Å². The van der Waals surface area contributed by atoms with Crippen LogP contribution in [0.4, 0.5) is 0 Å². The van der Waals surface area contributed by atoms with Crippen LogP contribution in [0, 0.1) is 11.8 Å². The van der Waals surface area contributed by atoms with Gasteiger partial charge in [-0.1, -0.05) is 38.2 Å². The molecule has 0 amide bonds. The van der Waals surface area contributed by atoms with Gasteiger partial charge in [-0.15, -0.1) is 5.16 Å². The van der Waals surface area contributed by atoms with Crippen LogP contribution in [0.5, 0.6) is 0 Å². The Balaban J connectivity index is 3.70. The van der Waals surface area contributed by atoms with Crippen LogP contribution in [0.1, 0.15) is 39.5 Å². The van der Waals surface area contributed by atoms with Gasteiger partial charge in [-0.2, -0.15) is 0 Å². The zero-order chi connectivity index (χ0) is 12.9. The largest absolute Gasteiger partial charge is 0.411 e. The number of allylic oxidation sites excluding steroid dienone is 3. The smallest absolute Gasteiger partial charge is 0.0472 e. The number of oxime groups is 1. The molecule has 0 spiro atoms. The average molecular weight is 238 g/mol. The Morgan fingerprint density at radius 1 is 1.06 bits per heavy atom. The van der Waals surface area contributed by atoms with Crippen molar-refractivity contribution in [3.8, 4) is 0 Å². The van der Waals surface area contributed by atoms with E-state index in [2.05, 4.69) is 43.3 Å². The van der Waals surface area contributed by atoms with Crippen LogP contribution < -0.4 is 5.73 Å². The predicted octanol–water partition coefficient (Wildman–Crippen LogP) is 3.35. The van der Waals surface area contributed by atoms with E-state index in [9.17, 15) is 0 Å². The zero-order valence-corrected chi connectivity index (χ0v) is 11.0. The van der Waals surface area contributed by atoms with Crippen LogP contribution in [0.3, 0.4) is 0 Å². The number of nitrogens with two attached hydrogens (primary N) is 1. The minimum absolute atomic E-state index is 0.323. The second kappa shape index (κ2) is 11.4. The third kappa shape index (κ3) is 9.82. The fraction of sp³-hybridized carbons (Fsp3) is 0.643. The SMILES string of the molecule is CC(C)C(/C=N/O)C/C=C/CC/C=C/CCN. The molecule has 1 unspecified atom stereocenters. The van der Waals surface area contributed by atoms with E-state index in [1.165, 1.54) is 0 Å². The van der Waals surface area contributed by atoms with E-state index in [-0.39, 0.29) is 0 Å². The molecule has 0 saturated carbocycles. The second-order valence-electron chi connectivity index (χ2n) is 4.51. The molecule has 0 saturated heterocycles. The first-order valence-corrected chi connectivity index (χ1v) is 6.40. The Bertz CT molecular complexity index is 245. The van der Waals surface area contributed by atoms with Gasteiger partial charge in [-0.05, 0) is 38.1 Å². The highest BCUT2D eigenvalue weighted by Gasteiger charge is 2.08. The normalized spacial score (nSPS) is 14.6. The quantitative estimate of drug-likeness (QED) is 0.213. The fourth-order valence-electron chi connectivity index (χ4n) is 1.49. The molecule has 0 aromatic rings. The highest BCUT2D eigenvalue weighted by Crippen LogP contribution is 2.13. The van der Waals surface area contributed by atoms with E-state index >= 15 is 0 Å². The van der Waals surface area contributed by atoms with Crippen LogP contribution in [0.2, 0.25) is 0 Å². The second-order valence-corrected chi connectivity index (χ2v) is 4.51. The number of nitrogens with zero attached hydrogens (tertiary/aromatic N) is 1. The van der Waals surface area contributed by atoms with Gasteiger partial charge in [-0.3, -0.25) is 0 Å². The lowest BCUT2D eigenvalue weighted by molar-refractivity contribution is 0.315. The molecule has 0 aliphatic carbocycles. The predicted molar refractivity (Wildman–Crippen MR) is 74.4 cm³/mol. The summed E-state index contributed by atoms with van der Waals surface area (Å²) in [4.78, 5) is 0. The summed E-state index contributed by atoms with van der Waals surface area (Å²) in [5, 5.41) is 11.7. The Hall–Kier alpha value is -1.09. The highest BCUT2D eigenvalue weighted by molar-refractivity contribution is 5.60. The van der Waals surface area contributed by atoms with Crippen molar-refractivity contribution in [1.29, 1.82) is 0 Å². The van der Waals surface area contributed by atoms with Gasteiger partial charge in [0.05, 0.1) is 0 Å². The van der Waals surface area contributed by atoms with Gasteiger partial charge in [0.2, 0.25) is 0 Å². The summed E-state index contributed by atoms with van der Waals surface area (Å²) in [5.74, 6) is 0.823. The number of hydrogen-bond donors (Lipinski definition) is 2. The molecule has 0 aliphatic heterocycles. The first-order valence-electron chi connectivity index (χ1n) is 6.40. The van der Waals surface area contributed by atoms with E-state index < -0.39 is 0 Å². The minimum atomic E-state index is 0.323. The van der Waals surface area contributed by atoms with Gasteiger partial charge in [0.25, 0.3) is 0 Å². The summed E-state index contributed by atoms with van der Waals surface area (Å²) < 4.78 is 0. The first kappa shape index (κ1) is 15.9. The third-order valence-corrected chi connectivity index (χ3v) is 2.69. The molecule has 0 rings (SSSR count). The van der Waals surface area contributed by atoms with Gasteiger partial charge in [0, 0.05) is 12.1 Å². The monoisotopic (exact) mass is 238 g/mol. The summed E-state index contributed by atoms with van der Waals surface area (Å²) in [6, 6.07) is 0. The van der Waals surface area contributed by atoms with Crippen molar-refractivity contribution in [3.63, 3.8) is 0 Å². The molecular formula is C14H26N2O. The Morgan fingerprint density at radius 3 is 2.18 bits per heavy atom. The molecule has 0 fully saturated rings. The van der Waals surface area contributed by atoms with Gasteiger partial charge in [0.1, 0.15) is 0 Å². The van der Waals surface area contributed by atoms with Crippen LogP contribution in [-0.4, -0.2) is 18.0 Å². The third-order valence-electron chi connectivity index (χ3n) is 2.69. The lowest BCUT2D eigenvalue weighted by Gasteiger charge is -2.12. The topological polar surface area (TPSA) is 58.6 Å². The van der Waals surface area contributed by atoms with E-state index in [1.807, 2.05) is 0 Å². The molecule has 0 aromatic carbocycles. The van der Waals surface area contributed by atoms with Crippen molar-refractivity contribution in [1.82, 2.24) is 0 Å². The average Bonchev–Trinajstić information content (AvgIpc) is 2.31. The molecule has 0 bridgehead atoms. The molecule has 3 nitrogen and oxygen atoms in total. The highest BCUT2D eigenvalue weighted by atomic mass is 16.4. The molecule has 17 heavy (non-hydrogen) atoms. The number of unbranched alkanes of at least 4 members (excludes halogenated alkanes) is 1. The lowest BCUT2D eigenvalue weighted by Crippen LogP contribution is -2.08. The Labute approximate surface area is 105 Å².